The summed E-state index contributed by atoms with van der Waals surface area (Å²) in [6, 6.07) is 4.06. The lowest BCUT2D eigenvalue weighted by atomic mass is 10.2. The maximum absolute atomic E-state index is 12.4. The second-order valence-corrected chi connectivity index (χ2v) is 6.94. The highest BCUT2D eigenvalue weighted by atomic mass is 16.6. The van der Waals surface area contributed by atoms with Crippen molar-refractivity contribution in [2.24, 2.45) is 0 Å². The van der Waals surface area contributed by atoms with Crippen LogP contribution in [0.1, 0.15) is 12.8 Å². The van der Waals surface area contributed by atoms with Gasteiger partial charge in [0.1, 0.15) is 11.9 Å². The number of nitrogens with zero attached hydrogens (tertiary/aromatic N) is 2. The topological polar surface area (TPSA) is 115 Å². The molecule has 0 aliphatic carbocycles. The van der Waals surface area contributed by atoms with E-state index in [4.69, 9.17) is 9.47 Å². The lowest BCUT2D eigenvalue weighted by molar-refractivity contribution is -0.895. The Morgan fingerprint density at radius 1 is 1.39 bits per heavy atom. The van der Waals surface area contributed by atoms with Crippen LogP contribution in [0.15, 0.2) is 18.2 Å². The Balaban J connectivity index is 1.51. The Morgan fingerprint density at radius 2 is 2.14 bits per heavy atom. The summed E-state index contributed by atoms with van der Waals surface area (Å²) in [5, 5.41) is 13.6. The first kappa shape index (κ1) is 20.0. The molecule has 2 amide bonds. The molecule has 0 spiro atoms. The number of quaternary nitrogens is 1. The number of hydrogen-bond donors (Lipinski definition) is 2. The molecular weight excluding hydrogens is 368 g/mol. The number of ether oxygens (including phenoxy) is 2. The maximum Gasteiger partial charge on any atom is 0.279 e. The number of nitrogens with one attached hydrogen (secondary N) is 2. The molecule has 0 radical (unpaired) electrons. The molecule has 152 valence electrons. The zero-order chi connectivity index (χ0) is 20.1. The molecule has 0 aromatic heterocycles. The summed E-state index contributed by atoms with van der Waals surface area (Å²) in [4.78, 5) is 38.0. The second kappa shape index (κ2) is 8.98. The minimum Gasteiger partial charge on any atom is -0.495 e. The van der Waals surface area contributed by atoms with E-state index in [9.17, 15) is 19.7 Å². The molecule has 28 heavy (non-hydrogen) atoms. The summed E-state index contributed by atoms with van der Waals surface area (Å²) in [5.74, 6) is 0.149. The van der Waals surface area contributed by atoms with Gasteiger partial charge in [-0.15, -0.1) is 0 Å². The number of carbonyl (C=O) groups is 2. The Kier molecular flexibility index (Phi) is 6.42. The number of carbonyl (C=O) groups excluding carboxylic acids is 2. The van der Waals surface area contributed by atoms with Gasteiger partial charge in [-0.05, 0) is 18.9 Å². The first-order chi connectivity index (χ1) is 13.5. The zero-order valence-corrected chi connectivity index (χ0v) is 15.8. The summed E-state index contributed by atoms with van der Waals surface area (Å²) in [6.45, 7) is 3.36. The molecule has 1 aromatic rings. The minimum atomic E-state index is -0.523. The van der Waals surface area contributed by atoms with E-state index in [0.717, 1.165) is 17.7 Å². The first-order valence-electron chi connectivity index (χ1n) is 9.34. The number of hydrogen-bond acceptors (Lipinski definition) is 6. The molecule has 0 unspecified atom stereocenters. The standard InChI is InChI=1S/C18H24N4O6/c1-27-15-5-4-13(22(25)26)11-14(15)19-17(23)12-20-6-8-21(9-7-20)18(24)16-3-2-10-28-16/h4-5,11,16H,2-3,6-10,12H2,1H3,(H,19,23)/p+1/t16-/m0/s1. The van der Waals surface area contributed by atoms with Gasteiger partial charge < -0.3 is 24.6 Å². The third kappa shape index (κ3) is 4.76. The number of anilines is 1. The maximum atomic E-state index is 12.4. The Bertz CT molecular complexity index is 742. The molecule has 10 heteroatoms. The number of methoxy groups -OCH3 is 1. The van der Waals surface area contributed by atoms with E-state index in [1.165, 1.54) is 25.3 Å². The third-order valence-electron chi connectivity index (χ3n) is 5.07. The van der Waals surface area contributed by atoms with Gasteiger partial charge in [-0.3, -0.25) is 19.7 Å². The predicted molar refractivity (Wildman–Crippen MR) is 99.4 cm³/mol. The van der Waals surface area contributed by atoms with Crippen molar-refractivity contribution in [2.75, 3.05) is 51.8 Å². The van der Waals surface area contributed by atoms with Gasteiger partial charge in [-0.25, -0.2) is 0 Å². The van der Waals surface area contributed by atoms with Gasteiger partial charge in [0.2, 0.25) is 0 Å². The number of amides is 2. The molecule has 3 rings (SSSR count). The number of nitro benzene ring substituents is 1. The molecule has 1 atom stereocenters. The van der Waals surface area contributed by atoms with E-state index in [1.54, 1.807) is 4.90 Å². The van der Waals surface area contributed by atoms with Crippen LogP contribution >= 0.6 is 0 Å². The number of rotatable bonds is 6. The first-order valence-corrected chi connectivity index (χ1v) is 9.34. The normalized spacial score (nSPS) is 20.0. The fraction of sp³-hybridized carbons (Fsp3) is 0.556. The van der Waals surface area contributed by atoms with Crippen molar-refractivity contribution in [3.8, 4) is 5.75 Å². The molecule has 2 fully saturated rings. The lowest BCUT2D eigenvalue weighted by Crippen LogP contribution is -3.15. The van der Waals surface area contributed by atoms with Crippen molar-refractivity contribution < 1.29 is 28.9 Å². The summed E-state index contributed by atoms with van der Waals surface area (Å²) in [6.07, 6.45) is 1.38. The average molecular weight is 393 g/mol. The highest BCUT2D eigenvalue weighted by molar-refractivity contribution is 5.93. The Morgan fingerprint density at radius 3 is 2.75 bits per heavy atom. The molecule has 10 nitrogen and oxygen atoms in total. The van der Waals surface area contributed by atoms with Gasteiger partial charge in [-0.2, -0.15) is 0 Å². The van der Waals surface area contributed by atoms with Gasteiger partial charge in [0.15, 0.2) is 6.54 Å². The van der Waals surface area contributed by atoms with Crippen LogP contribution in [0.5, 0.6) is 5.75 Å². The Hall–Kier alpha value is -2.72. The van der Waals surface area contributed by atoms with Crippen LogP contribution in [0.3, 0.4) is 0 Å². The summed E-state index contributed by atoms with van der Waals surface area (Å²) < 4.78 is 10.6. The van der Waals surface area contributed by atoms with Crippen molar-refractivity contribution >= 4 is 23.2 Å². The molecule has 0 bridgehead atoms. The number of piperazine rings is 1. The van der Waals surface area contributed by atoms with E-state index in [1.807, 2.05) is 0 Å². The second-order valence-electron chi connectivity index (χ2n) is 6.94. The molecule has 2 aliphatic rings. The van der Waals surface area contributed by atoms with Crippen LogP contribution in [-0.2, 0) is 14.3 Å². The molecule has 2 N–H and O–H groups in total. The van der Waals surface area contributed by atoms with Crippen LogP contribution in [0.4, 0.5) is 11.4 Å². The Labute approximate surface area is 162 Å². The average Bonchev–Trinajstić information content (AvgIpc) is 3.22. The van der Waals surface area contributed by atoms with Crippen molar-refractivity contribution in [3.63, 3.8) is 0 Å². The van der Waals surface area contributed by atoms with E-state index < -0.39 is 4.92 Å². The van der Waals surface area contributed by atoms with Crippen molar-refractivity contribution in [1.29, 1.82) is 0 Å². The minimum absolute atomic E-state index is 0.0438. The lowest BCUT2D eigenvalue weighted by Gasteiger charge is -2.33. The van der Waals surface area contributed by atoms with Gasteiger partial charge >= 0.3 is 0 Å². The van der Waals surface area contributed by atoms with Crippen molar-refractivity contribution in [2.45, 2.75) is 18.9 Å². The molecule has 0 saturated carbocycles. The summed E-state index contributed by atoms with van der Waals surface area (Å²) in [5.41, 5.74) is 0.151. The van der Waals surface area contributed by atoms with Gasteiger partial charge in [0.25, 0.3) is 17.5 Å². The van der Waals surface area contributed by atoms with Crippen molar-refractivity contribution in [3.05, 3.63) is 28.3 Å². The van der Waals surface area contributed by atoms with Gasteiger partial charge in [0, 0.05) is 18.7 Å². The summed E-state index contributed by atoms with van der Waals surface area (Å²) >= 11 is 0. The van der Waals surface area contributed by atoms with E-state index >= 15 is 0 Å². The third-order valence-corrected chi connectivity index (χ3v) is 5.07. The van der Waals surface area contributed by atoms with Crippen LogP contribution in [0, 0.1) is 10.1 Å². The molecule has 2 heterocycles. The van der Waals surface area contributed by atoms with Crippen LogP contribution < -0.4 is 15.0 Å². The largest absolute Gasteiger partial charge is 0.495 e. The van der Waals surface area contributed by atoms with Gasteiger partial charge in [0.05, 0.1) is 43.9 Å². The predicted octanol–water partition coefficient (Wildman–Crippen LogP) is -0.552. The number of non-ortho nitro benzene ring substituents is 1. The number of nitro groups is 1. The fourth-order valence-corrected chi connectivity index (χ4v) is 3.52. The van der Waals surface area contributed by atoms with Gasteiger partial charge in [-0.1, -0.05) is 0 Å². The molecule has 2 saturated heterocycles. The number of benzene rings is 1. The highest BCUT2D eigenvalue weighted by Crippen LogP contribution is 2.28. The van der Waals surface area contributed by atoms with Crippen LogP contribution in [0.25, 0.3) is 0 Å². The van der Waals surface area contributed by atoms with Crippen molar-refractivity contribution in [1.82, 2.24) is 4.90 Å². The van der Waals surface area contributed by atoms with E-state index in [0.29, 0.717) is 38.5 Å². The van der Waals surface area contributed by atoms with Crippen LogP contribution in [0.2, 0.25) is 0 Å². The van der Waals surface area contributed by atoms with E-state index in [2.05, 4.69) is 5.32 Å². The monoisotopic (exact) mass is 393 g/mol. The molecule has 1 aromatic carbocycles. The smallest absolute Gasteiger partial charge is 0.279 e. The quantitative estimate of drug-likeness (QED) is 0.495. The molecular formula is C18H25N4O6+. The fourth-order valence-electron chi connectivity index (χ4n) is 3.52. The highest BCUT2D eigenvalue weighted by Gasteiger charge is 2.32. The van der Waals surface area contributed by atoms with Crippen LogP contribution in [-0.4, -0.2) is 74.2 Å². The van der Waals surface area contributed by atoms with E-state index in [-0.39, 0.29) is 35.8 Å². The molecule has 2 aliphatic heterocycles. The zero-order valence-electron chi connectivity index (χ0n) is 15.8. The summed E-state index contributed by atoms with van der Waals surface area (Å²) in [7, 11) is 1.44. The SMILES string of the molecule is COc1ccc([N+](=O)[O-])cc1NC(=O)C[NH+]1CCN(C(=O)[C@@H]2CCCO2)CC1.